The number of halogens is 3. The second-order valence-corrected chi connectivity index (χ2v) is 4.98. The SMILES string of the molecule is Cc1cc(F)ccc1-n1cc(O)c(C(=O)NCC(F)(F)CN)n1. The van der Waals surface area contributed by atoms with E-state index in [-0.39, 0.29) is 0 Å². The van der Waals surface area contributed by atoms with Gasteiger partial charge in [-0.2, -0.15) is 5.10 Å². The van der Waals surface area contributed by atoms with Gasteiger partial charge in [-0.05, 0) is 30.7 Å². The Morgan fingerprint density at radius 1 is 1.48 bits per heavy atom. The Kier molecular flexibility index (Phi) is 4.60. The fourth-order valence-electron chi connectivity index (χ4n) is 1.89. The number of amides is 1. The predicted molar refractivity (Wildman–Crippen MR) is 76.3 cm³/mol. The minimum absolute atomic E-state index is 0.415. The highest BCUT2D eigenvalue weighted by molar-refractivity contribution is 5.94. The zero-order valence-corrected chi connectivity index (χ0v) is 12.2. The average Bonchev–Trinajstić information content (AvgIpc) is 2.86. The van der Waals surface area contributed by atoms with Gasteiger partial charge in [-0.3, -0.25) is 4.79 Å². The zero-order valence-electron chi connectivity index (χ0n) is 12.2. The number of rotatable bonds is 5. The summed E-state index contributed by atoms with van der Waals surface area (Å²) in [4.78, 5) is 11.8. The molecular formula is C14H15F3N4O2. The molecule has 0 saturated carbocycles. The standard InChI is InChI=1S/C14H15F3N4O2/c1-8-4-9(15)2-3-10(8)21-5-11(22)12(20-21)13(23)19-7-14(16,17)6-18/h2-5,22H,6-7,18H2,1H3,(H,19,23). The lowest BCUT2D eigenvalue weighted by atomic mass is 10.2. The number of nitrogens with one attached hydrogen (secondary N) is 1. The molecule has 23 heavy (non-hydrogen) atoms. The Morgan fingerprint density at radius 2 is 2.17 bits per heavy atom. The summed E-state index contributed by atoms with van der Waals surface area (Å²) >= 11 is 0. The first kappa shape index (κ1) is 16.8. The van der Waals surface area contributed by atoms with Crippen LogP contribution < -0.4 is 11.1 Å². The van der Waals surface area contributed by atoms with E-state index in [1.165, 1.54) is 22.9 Å². The topological polar surface area (TPSA) is 93.2 Å². The highest BCUT2D eigenvalue weighted by atomic mass is 19.3. The number of nitrogens with two attached hydrogens (primary N) is 1. The van der Waals surface area contributed by atoms with E-state index in [4.69, 9.17) is 5.73 Å². The third kappa shape index (κ3) is 3.81. The van der Waals surface area contributed by atoms with Crippen molar-refractivity contribution in [3.63, 3.8) is 0 Å². The van der Waals surface area contributed by atoms with Crippen LogP contribution in [0, 0.1) is 12.7 Å². The number of aromatic hydroxyl groups is 1. The molecule has 1 amide bonds. The lowest BCUT2D eigenvalue weighted by molar-refractivity contribution is 0.0117. The molecule has 0 aliphatic carbocycles. The summed E-state index contributed by atoms with van der Waals surface area (Å²) < 4.78 is 40.3. The van der Waals surface area contributed by atoms with Gasteiger partial charge < -0.3 is 16.2 Å². The maximum atomic E-state index is 13.1. The maximum absolute atomic E-state index is 13.1. The Hall–Kier alpha value is -2.55. The molecule has 6 nitrogen and oxygen atoms in total. The third-order valence-corrected chi connectivity index (χ3v) is 3.12. The van der Waals surface area contributed by atoms with Gasteiger partial charge in [0.2, 0.25) is 0 Å². The largest absolute Gasteiger partial charge is 0.504 e. The molecule has 4 N–H and O–H groups in total. The summed E-state index contributed by atoms with van der Waals surface area (Å²) in [5, 5.41) is 15.6. The van der Waals surface area contributed by atoms with Gasteiger partial charge in [0, 0.05) is 0 Å². The molecule has 0 bridgehead atoms. The van der Waals surface area contributed by atoms with Crippen molar-refractivity contribution in [2.24, 2.45) is 5.73 Å². The van der Waals surface area contributed by atoms with E-state index in [2.05, 4.69) is 5.10 Å². The number of alkyl halides is 2. The summed E-state index contributed by atoms with van der Waals surface area (Å²) in [5.41, 5.74) is 5.41. The molecule has 1 aromatic carbocycles. The van der Waals surface area contributed by atoms with Crippen LogP contribution in [0.4, 0.5) is 13.2 Å². The summed E-state index contributed by atoms with van der Waals surface area (Å²) in [7, 11) is 0. The first-order valence-corrected chi connectivity index (χ1v) is 6.65. The van der Waals surface area contributed by atoms with Gasteiger partial charge in [-0.15, -0.1) is 0 Å². The van der Waals surface area contributed by atoms with Gasteiger partial charge in [0.15, 0.2) is 11.4 Å². The van der Waals surface area contributed by atoms with Crippen LogP contribution >= 0.6 is 0 Å². The van der Waals surface area contributed by atoms with Gasteiger partial charge in [0.25, 0.3) is 11.8 Å². The molecule has 1 aromatic heterocycles. The molecule has 0 aliphatic heterocycles. The van der Waals surface area contributed by atoms with Crippen molar-refractivity contribution in [1.29, 1.82) is 0 Å². The lowest BCUT2D eigenvalue weighted by Crippen LogP contribution is -2.41. The fraction of sp³-hybridized carbons (Fsp3) is 0.286. The molecule has 0 unspecified atom stereocenters. The number of aryl methyl sites for hydroxylation is 1. The summed E-state index contributed by atoms with van der Waals surface area (Å²) in [6.45, 7) is -0.259. The van der Waals surface area contributed by atoms with Crippen LogP contribution in [0.2, 0.25) is 0 Å². The Bertz CT molecular complexity index is 731. The molecule has 0 aliphatic rings. The maximum Gasteiger partial charge on any atom is 0.277 e. The van der Waals surface area contributed by atoms with E-state index in [1.807, 2.05) is 5.32 Å². The number of hydrogen-bond acceptors (Lipinski definition) is 4. The Labute approximate surface area is 129 Å². The summed E-state index contributed by atoms with van der Waals surface area (Å²) in [6.07, 6.45) is 1.14. The first-order valence-electron chi connectivity index (χ1n) is 6.65. The normalized spacial score (nSPS) is 11.5. The van der Waals surface area contributed by atoms with Crippen molar-refractivity contribution >= 4 is 5.91 Å². The van der Waals surface area contributed by atoms with Crippen LogP contribution in [-0.2, 0) is 0 Å². The molecule has 2 aromatic rings. The number of aromatic nitrogens is 2. The second kappa shape index (κ2) is 6.29. The summed E-state index contributed by atoms with van der Waals surface area (Å²) in [5.74, 6) is -5.14. The van der Waals surface area contributed by atoms with Crippen LogP contribution in [0.15, 0.2) is 24.4 Å². The van der Waals surface area contributed by atoms with Crippen LogP contribution in [0.1, 0.15) is 16.1 Å². The van der Waals surface area contributed by atoms with E-state index >= 15 is 0 Å². The monoisotopic (exact) mass is 328 g/mol. The van der Waals surface area contributed by atoms with Gasteiger partial charge in [0.1, 0.15) is 5.82 Å². The summed E-state index contributed by atoms with van der Waals surface area (Å²) in [6, 6.07) is 3.87. The Balaban J connectivity index is 2.22. The van der Waals surface area contributed by atoms with E-state index in [0.29, 0.717) is 11.3 Å². The number of carbonyl (C=O) groups is 1. The highest BCUT2D eigenvalue weighted by Crippen LogP contribution is 2.21. The molecule has 0 atom stereocenters. The number of hydrogen-bond donors (Lipinski definition) is 3. The predicted octanol–water partition coefficient (Wildman–Crippen LogP) is 1.35. The molecule has 0 fully saturated rings. The van der Waals surface area contributed by atoms with E-state index in [1.54, 1.807) is 6.92 Å². The molecule has 0 saturated heterocycles. The van der Waals surface area contributed by atoms with Gasteiger partial charge >= 0.3 is 0 Å². The molecule has 0 spiro atoms. The van der Waals surface area contributed by atoms with E-state index in [0.717, 1.165) is 6.20 Å². The fourth-order valence-corrected chi connectivity index (χ4v) is 1.89. The van der Waals surface area contributed by atoms with Crippen LogP contribution in [0.3, 0.4) is 0 Å². The van der Waals surface area contributed by atoms with E-state index in [9.17, 15) is 23.1 Å². The number of nitrogens with zero attached hydrogens (tertiary/aromatic N) is 2. The van der Waals surface area contributed by atoms with Crippen LogP contribution in [0.5, 0.6) is 5.75 Å². The molecule has 124 valence electrons. The van der Waals surface area contributed by atoms with Gasteiger partial charge in [-0.1, -0.05) is 0 Å². The zero-order chi connectivity index (χ0) is 17.2. The van der Waals surface area contributed by atoms with Crippen LogP contribution in [0.25, 0.3) is 5.69 Å². The average molecular weight is 328 g/mol. The second-order valence-electron chi connectivity index (χ2n) is 4.98. The van der Waals surface area contributed by atoms with Gasteiger partial charge in [0.05, 0.1) is 25.0 Å². The van der Waals surface area contributed by atoms with Crippen molar-refractivity contribution in [2.45, 2.75) is 12.8 Å². The first-order chi connectivity index (χ1) is 10.7. The smallest absolute Gasteiger partial charge is 0.277 e. The van der Waals surface area contributed by atoms with Crippen molar-refractivity contribution in [1.82, 2.24) is 15.1 Å². The van der Waals surface area contributed by atoms with Gasteiger partial charge in [-0.25, -0.2) is 17.9 Å². The quantitative estimate of drug-likeness (QED) is 0.772. The molecule has 9 heteroatoms. The lowest BCUT2D eigenvalue weighted by Gasteiger charge is -2.13. The van der Waals surface area contributed by atoms with Crippen molar-refractivity contribution < 1.29 is 23.1 Å². The minimum Gasteiger partial charge on any atom is -0.504 e. The third-order valence-electron chi connectivity index (χ3n) is 3.12. The van der Waals surface area contributed by atoms with Crippen molar-refractivity contribution in [3.8, 4) is 11.4 Å². The van der Waals surface area contributed by atoms with Crippen LogP contribution in [-0.4, -0.2) is 39.8 Å². The molecule has 1 heterocycles. The Morgan fingerprint density at radius 3 is 2.78 bits per heavy atom. The highest BCUT2D eigenvalue weighted by Gasteiger charge is 2.28. The number of carbonyl (C=O) groups excluding carboxylic acids is 1. The number of benzene rings is 1. The minimum atomic E-state index is -3.25. The molecule has 0 radical (unpaired) electrons. The van der Waals surface area contributed by atoms with Crippen molar-refractivity contribution in [2.75, 3.05) is 13.1 Å². The molecular weight excluding hydrogens is 313 g/mol. The van der Waals surface area contributed by atoms with Crippen molar-refractivity contribution in [3.05, 3.63) is 41.5 Å². The van der Waals surface area contributed by atoms with E-state index < -0.39 is 42.2 Å². The molecule has 2 rings (SSSR count).